The zero-order valence-corrected chi connectivity index (χ0v) is 17.2. The number of rotatable bonds is 3. The van der Waals surface area contributed by atoms with Crippen molar-refractivity contribution < 1.29 is 9.59 Å². The first-order chi connectivity index (χ1) is 14.7. The quantitative estimate of drug-likeness (QED) is 0.653. The smallest absolute Gasteiger partial charge is 0.264 e. The molecule has 0 radical (unpaired) electrons. The van der Waals surface area contributed by atoms with Gasteiger partial charge in [0, 0.05) is 24.0 Å². The summed E-state index contributed by atoms with van der Waals surface area (Å²) < 4.78 is 0. The topological polar surface area (TPSA) is 62.3 Å². The van der Waals surface area contributed by atoms with Gasteiger partial charge in [0.2, 0.25) is 5.91 Å². The van der Waals surface area contributed by atoms with Gasteiger partial charge in [0.1, 0.15) is 11.7 Å². The first-order valence-electron chi connectivity index (χ1n) is 9.89. The molecule has 0 aliphatic carbocycles. The highest BCUT2D eigenvalue weighted by Gasteiger charge is 2.33. The van der Waals surface area contributed by atoms with E-state index in [2.05, 4.69) is 22.1 Å². The Bertz CT molecular complexity index is 1080. The van der Waals surface area contributed by atoms with Crippen LogP contribution in [0.25, 0.3) is 0 Å². The minimum atomic E-state index is -0.461. The minimum Gasteiger partial charge on any atom is -0.326 e. The molecule has 4 rings (SSSR count). The Labute approximate surface area is 179 Å². The van der Waals surface area contributed by atoms with E-state index in [1.807, 2.05) is 53.9 Å². The predicted molar refractivity (Wildman–Crippen MR) is 118 cm³/mol. The number of likely N-dealkylation sites (tertiary alicyclic amines) is 1. The van der Waals surface area contributed by atoms with E-state index < -0.39 is 6.04 Å². The van der Waals surface area contributed by atoms with Crippen LogP contribution in [-0.4, -0.2) is 34.3 Å². The molecule has 150 valence electrons. The van der Waals surface area contributed by atoms with Gasteiger partial charge in [-0.25, -0.2) is 4.98 Å². The van der Waals surface area contributed by atoms with E-state index >= 15 is 0 Å². The molecule has 30 heavy (non-hydrogen) atoms. The molecule has 1 saturated heterocycles. The predicted octanol–water partition coefficient (Wildman–Crippen LogP) is 4.18. The SMILES string of the molecule is O=C(Nc1cccc(C#Cc2ccccn2)c1)[C@@H]1CCCCN1C(=O)c1cccs1. The second kappa shape index (κ2) is 9.38. The largest absolute Gasteiger partial charge is 0.326 e. The maximum atomic E-state index is 13.0. The van der Waals surface area contributed by atoms with Gasteiger partial charge in [-0.2, -0.15) is 0 Å². The van der Waals surface area contributed by atoms with Crippen LogP contribution in [0.4, 0.5) is 5.69 Å². The van der Waals surface area contributed by atoms with Crippen molar-refractivity contribution >= 4 is 28.8 Å². The zero-order chi connectivity index (χ0) is 20.8. The van der Waals surface area contributed by atoms with Gasteiger partial charge < -0.3 is 10.2 Å². The Morgan fingerprint density at radius 2 is 2.00 bits per heavy atom. The van der Waals surface area contributed by atoms with E-state index in [9.17, 15) is 9.59 Å². The van der Waals surface area contributed by atoms with Crippen molar-refractivity contribution in [2.75, 3.05) is 11.9 Å². The van der Waals surface area contributed by atoms with E-state index in [0.717, 1.165) is 18.4 Å². The number of thiophene rings is 1. The number of aromatic nitrogens is 1. The highest BCUT2D eigenvalue weighted by atomic mass is 32.1. The Balaban J connectivity index is 1.47. The third kappa shape index (κ3) is 4.76. The summed E-state index contributed by atoms with van der Waals surface area (Å²) in [5, 5.41) is 4.85. The molecule has 1 aromatic carbocycles. The fourth-order valence-electron chi connectivity index (χ4n) is 3.46. The molecule has 3 heterocycles. The molecule has 2 amide bonds. The first-order valence-corrected chi connectivity index (χ1v) is 10.8. The normalized spacial score (nSPS) is 15.7. The molecule has 1 aliphatic rings. The molecule has 6 heteroatoms. The van der Waals surface area contributed by atoms with E-state index in [4.69, 9.17) is 0 Å². The lowest BCUT2D eigenvalue weighted by Gasteiger charge is -2.34. The van der Waals surface area contributed by atoms with E-state index in [1.54, 1.807) is 17.2 Å². The van der Waals surface area contributed by atoms with Gasteiger partial charge in [0.15, 0.2) is 0 Å². The van der Waals surface area contributed by atoms with Gasteiger partial charge >= 0.3 is 0 Å². The van der Waals surface area contributed by atoms with Gasteiger partial charge in [0.05, 0.1) is 4.88 Å². The summed E-state index contributed by atoms with van der Waals surface area (Å²) in [4.78, 5) is 32.4. The van der Waals surface area contributed by atoms with Crippen LogP contribution in [0.2, 0.25) is 0 Å². The Kier molecular flexibility index (Phi) is 6.21. The van der Waals surface area contributed by atoms with Crippen LogP contribution < -0.4 is 5.32 Å². The second-order valence-corrected chi connectivity index (χ2v) is 7.97. The van der Waals surface area contributed by atoms with Crippen molar-refractivity contribution in [1.82, 2.24) is 9.88 Å². The average molecular weight is 416 g/mol. The average Bonchev–Trinajstić information content (AvgIpc) is 3.33. The molecule has 1 aliphatic heterocycles. The molecule has 2 aromatic heterocycles. The van der Waals surface area contributed by atoms with Crippen LogP contribution in [-0.2, 0) is 4.79 Å². The Hall–Kier alpha value is -3.43. The van der Waals surface area contributed by atoms with E-state index in [-0.39, 0.29) is 11.8 Å². The number of hydrogen-bond acceptors (Lipinski definition) is 4. The number of nitrogens with zero attached hydrogens (tertiary/aromatic N) is 2. The van der Waals surface area contributed by atoms with Crippen LogP contribution in [0.5, 0.6) is 0 Å². The lowest BCUT2D eigenvalue weighted by Crippen LogP contribution is -2.49. The standard InChI is InChI=1S/C24H21N3O2S/c28-23(21-10-2-4-15-27(21)24(29)22-11-6-16-30-22)26-20-9-5-7-18(17-20)12-13-19-8-1-3-14-25-19/h1,3,5-9,11,14,16-17,21H,2,4,10,15H2,(H,26,28)/t21-/m0/s1. The minimum absolute atomic E-state index is 0.0696. The van der Waals surface area contributed by atoms with Gasteiger partial charge in [-0.3, -0.25) is 9.59 Å². The number of anilines is 1. The second-order valence-electron chi connectivity index (χ2n) is 7.02. The van der Waals surface area contributed by atoms with Crippen molar-refractivity contribution in [2.45, 2.75) is 25.3 Å². The van der Waals surface area contributed by atoms with Crippen LogP contribution in [0, 0.1) is 11.8 Å². The molecule has 3 aromatic rings. The fourth-order valence-corrected chi connectivity index (χ4v) is 4.14. The van der Waals surface area contributed by atoms with Crippen molar-refractivity contribution in [3.05, 3.63) is 82.3 Å². The third-order valence-electron chi connectivity index (χ3n) is 4.93. The zero-order valence-electron chi connectivity index (χ0n) is 16.4. The van der Waals surface area contributed by atoms with Gasteiger partial charge in [0.25, 0.3) is 5.91 Å². The molecule has 1 N–H and O–H groups in total. The van der Waals surface area contributed by atoms with Gasteiger partial charge in [-0.15, -0.1) is 11.3 Å². The van der Waals surface area contributed by atoms with Crippen molar-refractivity contribution in [3.8, 4) is 11.8 Å². The van der Waals surface area contributed by atoms with E-state index in [1.165, 1.54) is 11.3 Å². The highest BCUT2D eigenvalue weighted by Crippen LogP contribution is 2.23. The van der Waals surface area contributed by atoms with Crippen LogP contribution in [0.15, 0.2) is 66.2 Å². The number of piperidine rings is 1. The monoisotopic (exact) mass is 415 g/mol. The maximum Gasteiger partial charge on any atom is 0.264 e. The molecule has 0 saturated carbocycles. The summed E-state index contributed by atoms with van der Waals surface area (Å²) in [6.07, 6.45) is 4.22. The molecular weight excluding hydrogens is 394 g/mol. The summed E-state index contributed by atoms with van der Waals surface area (Å²) in [6, 6.07) is 16.2. The number of amides is 2. The van der Waals surface area contributed by atoms with Gasteiger partial charge in [-0.1, -0.05) is 24.1 Å². The first kappa shape index (κ1) is 19.9. The van der Waals surface area contributed by atoms with Crippen molar-refractivity contribution in [1.29, 1.82) is 0 Å². The number of carbonyl (C=O) groups is 2. The number of carbonyl (C=O) groups excluding carboxylic acids is 2. The lowest BCUT2D eigenvalue weighted by molar-refractivity contribution is -0.121. The summed E-state index contributed by atoms with van der Waals surface area (Å²) in [5.74, 6) is 5.86. The number of nitrogens with one attached hydrogen (secondary N) is 1. The lowest BCUT2D eigenvalue weighted by atomic mass is 10.0. The maximum absolute atomic E-state index is 13.0. The summed E-state index contributed by atoms with van der Waals surface area (Å²) in [5.41, 5.74) is 2.15. The highest BCUT2D eigenvalue weighted by molar-refractivity contribution is 7.12. The van der Waals surface area contributed by atoms with Crippen molar-refractivity contribution in [2.24, 2.45) is 0 Å². The molecule has 1 atom stereocenters. The van der Waals surface area contributed by atoms with E-state index in [0.29, 0.717) is 29.2 Å². The molecule has 0 spiro atoms. The number of pyridine rings is 1. The molecule has 0 unspecified atom stereocenters. The summed E-state index contributed by atoms with van der Waals surface area (Å²) in [7, 11) is 0. The molecular formula is C24H21N3O2S. The van der Waals surface area contributed by atoms with Crippen molar-refractivity contribution in [3.63, 3.8) is 0 Å². The van der Waals surface area contributed by atoms with Crippen LogP contribution >= 0.6 is 11.3 Å². The van der Waals surface area contributed by atoms with Crippen LogP contribution in [0.3, 0.4) is 0 Å². The summed E-state index contributed by atoms with van der Waals surface area (Å²) in [6.45, 7) is 0.602. The van der Waals surface area contributed by atoms with Gasteiger partial charge in [-0.05, 0) is 67.0 Å². The number of benzene rings is 1. The Morgan fingerprint density at radius 1 is 1.07 bits per heavy atom. The Morgan fingerprint density at radius 3 is 2.80 bits per heavy atom. The van der Waals surface area contributed by atoms with Crippen LogP contribution in [0.1, 0.15) is 40.2 Å². The summed E-state index contributed by atoms with van der Waals surface area (Å²) >= 11 is 1.40. The molecule has 5 nitrogen and oxygen atoms in total. The molecule has 0 bridgehead atoms. The fraction of sp³-hybridized carbons (Fsp3) is 0.208. The number of hydrogen-bond donors (Lipinski definition) is 1. The third-order valence-corrected chi connectivity index (χ3v) is 5.79. The molecule has 1 fully saturated rings.